The van der Waals surface area contributed by atoms with Gasteiger partial charge in [-0.25, -0.2) is 9.97 Å². The van der Waals surface area contributed by atoms with Crippen LogP contribution < -0.4 is 5.32 Å². The van der Waals surface area contributed by atoms with Gasteiger partial charge in [-0.2, -0.15) is 0 Å². The van der Waals surface area contributed by atoms with Gasteiger partial charge in [0.15, 0.2) is 0 Å². The number of rotatable bonds is 6. The minimum Gasteiger partial charge on any atom is -0.311 e. The summed E-state index contributed by atoms with van der Waals surface area (Å²) in [4.78, 5) is 20.7. The molecule has 1 N–H and O–H groups in total. The van der Waals surface area contributed by atoms with E-state index >= 15 is 0 Å². The number of aryl methyl sites for hydroxylation is 2. The summed E-state index contributed by atoms with van der Waals surface area (Å²) in [6.07, 6.45) is 5.01. The van der Waals surface area contributed by atoms with E-state index in [0.29, 0.717) is 12.2 Å². The highest BCUT2D eigenvalue weighted by Crippen LogP contribution is 2.22. The number of benzene rings is 1. The fraction of sp³-hybridized carbons (Fsp3) is 0.278. The highest BCUT2D eigenvalue weighted by Gasteiger charge is 2.05. The van der Waals surface area contributed by atoms with Gasteiger partial charge < -0.3 is 5.32 Å². The average molecular weight is 325 g/mol. The molecule has 0 aliphatic heterocycles. The van der Waals surface area contributed by atoms with Crippen LogP contribution in [0.5, 0.6) is 0 Å². The van der Waals surface area contributed by atoms with E-state index in [9.17, 15) is 4.79 Å². The Morgan fingerprint density at radius 2 is 2.04 bits per heavy atom. The molecule has 3 aromatic rings. The molecule has 23 heavy (non-hydrogen) atoms. The molecule has 0 spiro atoms. The Hall–Kier alpha value is -2.27. The second-order valence-corrected chi connectivity index (χ2v) is 6.67. The number of nitrogens with one attached hydrogen (secondary N) is 1. The van der Waals surface area contributed by atoms with Crippen molar-refractivity contribution in [2.45, 2.75) is 32.6 Å². The second-order valence-electron chi connectivity index (χ2n) is 5.55. The smallest absolute Gasteiger partial charge is 0.225 e. The summed E-state index contributed by atoms with van der Waals surface area (Å²) in [7, 11) is 0. The molecule has 0 bridgehead atoms. The van der Waals surface area contributed by atoms with Crippen molar-refractivity contribution in [3.05, 3.63) is 53.2 Å². The molecular weight excluding hydrogens is 306 g/mol. The number of fused-ring (bicyclic) bond motifs is 1. The van der Waals surface area contributed by atoms with Crippen LogP contribution in [0.25, 0.3) is 10.2 Å². The van der Waals surface area contributed by atoms with E-state index in [2.05, 4.69) is 21.4 Å². The van der Waals surface area contributed by atoms with Crippen molar-refractivity contribution in [1.82, 2.24) is 9.97 Å². The number of thiazole rings is 1. The van der Waals surface area contributed by atoms with Gasteiger partial charge in [-0.3, -0.25) is 4.79 Å². The Morgan fingerprint density at radius 3 is 2.83 bits per heavy atom. The third-order valence-corrected chi connectivity index (χ3v) is 4.66. The number of pyridine rings is 1. The normalized spacial score (nSPS) is 10.8. The number of para-hydroxylation sites is 1. The number of anilines is 1. The number of carbonyl (C=O) groups excluding carboxylic acids is 1. The molecule has 0 aliphatic carbocycles. The average Bonchev–Trinajstić information content (AvgIpc) is 2.96. The molecule has 1 amide bonds. The first-order valence-electron chi connectivity index (χ1n) is 7.78. The Kier molecular flexibility index (Phi) is 4.98. The first kappa shape index (κ1) is 15.6. The first-order valence-corrected chi connectivity index (χ1v) is 8.59. The molecule has 1 aromatic carbocycles. The number of hydrogen-bond acceptors (Lipinski definition) is 4. The fourth-order valence-electron chi connectivity index (χ4n) is 2.34. The lowest BCUT2D eigenvalue weighted by molar-refractivity contribution is -0.116. The van der Waals surface area contributed by atoms with Crippen LogP contribution in [0.1, 0.15) is 29.8 Å². The van der Waals surface area contributed by atoms with Crippen LogP contribution in [0.3, 0.4) is 0 Å². The first-order chi connectivity index (χ1) is 11.2. The van der Waals surface area contributed by atoms with E-state index in [4.69, 9.17) is 0 Å². The van der Waals surface area contributed by atoms with Crippen LogP contribution in [0.15, 0.2) is 42.6 Å². The highest BCUT2D eigenvalue weighted by molar-refractivity contribution is 7.18. The van der Waals surface area contributed by atoms with Crippen LogP contribution >= 0.6 is 11.3 Å². The number of aromatic nitrogens is 2. The number of carbonyl (C=O) groups is 1. The summed E-state index contributed by atoms with van der Waals surface area (Å²) < 4.78 is 1.23. The molecule has 0 aliphatic rings. The van der Waals surface area contributed by atoms with E-state index in [-0.39, 0.29) is 5.91 Å². The summed E-state index contributed by atoms with van der Waals surface area (Å²) in [6, 6.07) is 11.9. The van der Waals surface area contributed by atoms with Crippen LogP contribution in [0.4, 0.5) is 5.82 Å². The molecule has 0 fully saturated rings. The van der Waals surface area contributed by atoms with Crippen molar-refractivity contribution in [2.24, 2.45) is 0 Å². The molecule has 0 radical (unpaired) electrons. The lowest BCUT2D eigenvalue weighted by Gasteiger charge is -2.04. The third-order valence-electron chi connectivity index (χ3n) is 3.56. The van der Waals surface area contributed by atoms with Crippen molar-refractivity contribution in [1.29, 1.82) is 0 Å². The van der Waals surface area contributed by atoms with Gasteiger partial charge in [0.2, 0.25) is 5.91 Å². The summed E-state index contributed by atoms with van der Waals surface area (Å²) in [6.45, 7) is 1.97. The van der Waals surface area contributed by atoms with E-state index in [1.54, 1.807) is 17.5 Å². The maximum absolute atomic E-state index is 11.9. The van der Waals surface area contributed by atoms with Gasteiger partial charge in [0.05, 0.1) is 15.2 Å². The van der Waals surface area contributed by atoms with E-state index in [0.717, 1.165) is 35.4 Å². The Bertz CT molecular complexity index is 762. The van der Waals surface area contributed by atoms with Crippen molar-refractivity contribution < 1.29 is 4.79 Å². The molecule has 0 unspecified atom stereocenters. The van der Waals surface area contributed by atoms with Crippen molar-refractivity contribution >= 4 is 33.3 Å². The quantitative estimate of drug-likeness (QED) is 0.685. The van der Waals surface area contributed by atoms with Crippen molar-refractivity contribution in [2.75, 3.05) is 5.32 Å². The summed E-state index contributed by atoms with van der Waals surface area (Å²) >= 11 is 1.74. The van der Waals surface area contributed by atoms with Gasteiger partial charge in [0, 0.05) is 12.6 Å². The van der Waals surface area contributed by atoms with Gasteiger partial charge in [-0.05, 0) is 49.9 Å². The van der Waals surface area contributed by atoms with Gasteiger partial charge in [0.1, 0.15) is 5.82 Å². The monoisotopic (exact) mass is 325 g/mol. The number of unbranched alkanes of at least 4 members (excludes halogenated alkanes) is 1. The fourth-order valence-corrected chi connectivity index (χ4v) is 3.34. The molecule has 118 valence electrons. The number of nitrogens with zero attached hydrogens (tertiary/aromatic N) is 2. The van der Waals surface area contributed by atoms with Crippen molar-refractivity contribution in [3.8, 4) is 0 Å². The molecule has 2 heterocycles. The summed E-state index contributed by atoms with van der Waals surface area (Å²) in [5, 5.41) is 3.97. The molecule has 3 rings (SSSR count). The van der Waals surface area contributed by atoms with E-state index < -0.39 is 0 Å². The molecule has 4 nitrogen and oxygen atoms in total. The number of hydrogen-bond donors (Lipinski definition) is 1. The lowest BCUT2D eigenvalue weighted by Crippen LogP contribution is -2.12. The summed E-state index contributed by atoms with van der Waals surface area (Å²) in [5.74, 6) is 0.637. The van der Waals surface area contributed by atoms with Crippen LogP contribution in [-0.4, -0.2) is 15.9 Å². The van der Waals surface area contributed by atoms with E-state index in [1.165, 1.54) is 4.70 Å². The molecular formula is C18H19N3OS. The molecule has 0 saturated carbocycles. The summed E-state index contributed by atoms with van der Waals surface area (Å²) in [5.41, 5.74) is 2.15. The zero-order valence-electron chi connectivity index (χ0n) is 13.1. The van der Waals surface area contributed by atoms with Gasteiger partial charge in [0.25, 0.3) is 0 Å². The van der Waals surface area contributed by atoms with Crippen molar-refractivity contribution in [3.63, 3.8) is 0 Å². The maximum Gasteiger partial charge on any atom is 0.225 e. The zero-order chi connectivity index (χ0) is 16.1. The molecule has 5 heteroatoms. The zero-order valence-corrected chi connectivity index (χ0v) is 13.9. The Morgan fingerprint density at radius 1 is 1.17 bits per heavy atom. The van der Waals surface area contributed by atoms with Crippen LogP contribution in [-0.2, 0) is 11.2 Å². The van der Waals surface area contributed by atoms with Gasteiger partial charge in [-0.15, -0.1) is 11.3 Å². The predicted molar refractivity (Wildman–Crippen MR) is 94.8 cm³/mol. The minimum absolute atomic E-state index is 0.0191. The van der Waals surface area contributed by atoms with Crippen LogP contribution in [0, 0.1) is 6.92 Å². The number of amides is 1. The predicted octanol–water partition coefficient (Wildman–Crippen LogP) is 4.35. The minimum atomic E-state index is 0.0191. The SMILES string of the molecule is Cc1ccc(NC(=O)CCCCc2nc3ccccc3s2)nc1. The highest BCUT2D eigenvalue weighted by atomic mass is 32.1. The lowest BCUT2D eigenvalue weighted by atomic mass is 10.2. The Labute approximate surface area is 139 Å². The van der Waals surface area contributed by atoms with Gasteiger partial charge >= 0.3 is 0 Å². The van der Waals surface area contributed by atoms with Crippen LogP contribution in [0.2, 0.25) is 0 Å². The standard InChI is InChI=1S/C18H19N3OS/c1-13-10-11-16(19-12-13)21-17(22)8-4-5-9-18-20-14-6-2-3-7-15(14)23-18/h2-3,6-7,10-12H,4-5,8-9H2,1H3,(H,19,21,22). The third kappa shape index (κ3) is 4.36. The largest absolute Gasteiger partial charge is 0.311 e. The van der Waals surface area contributed by atoms with E-state index in [1.807, 2.05) is 37.3 Å². The molecule has 2 aromatic heterocycles. The topological polar surface area (TPSA) is 54.9 Å². The molecule has 0 saturated heterocycles. The Balaban J connectivity index is 1.42. The molecule has 0 atom stereocenters. The second kappa shape index (κ2) is 7.33. The van der Waals surface area contributed by atoms with Gasteiger partial charge in [-0.1, -0.05) is 18.2 Å². The maximum atomic E-state index is 11.9.